The molecule has 1 heterocycles. The Morgan fingerprint density at radius 1 is 1.16 bits per heavy atom. The van der Waals surface area contributed by atoms with E-state index in [0.717, 1.165) is 13.1 Å². The Balaban J connectivity index is 1.86. The Kier molecular flexibility index (Phi) is 4.64. The minimum Gasteiger partial charge on any atom is -0.312 e. The molecule has 2 rings (SSSR count). The van der Waals surface area contributed by atoms with E-state index in [-0.39, 0.29) is 0 Å². The van der Waals surface area contributed by atoms with Crippen LogP contribution in [0.2, 0.25) is 0 Å². The standard InChI is InChI=1S/C17H28N2/c1-14-6-5-7-15(2)16(14)12-18-13-17(3)8-10-19(4)11-9-17/h5-7,18H,8-13H2,1-4H3. The van der Waals surface area contributed by atoms with E-state index in [1.165, 1.54) is 42.6 Å². The van der Waals surface area contributed by atoms with Crippen molar-refractivity contribution in [1.82, 2.24) is 10.2 Å². The van der Waals surface area contributed by atoms with Crippen molar-refractivity contribution >= 4 is 0 Å². The van der Waals surface area contributed by atoms with Crippen LogP contribution in [0.15, 0.2) is 18.2 Å². The van der Waals surface area contributed by atoms with Crippen molar-refractivity contribution in [3.05, 3.63) is 34.9 Å². The van der Waals surface area contributed by atoms with Gasteiger partial charge in [-0.25, -0.2) is 0 Å². The minimum absolute atomic E-state index is 0.475. The molecule has 1 saturated heterocycles. The molecule has 1 aliphatic rings. The van der Waals surface area contributed by atoms with Gasteiger partial charge in [0.2, 0.25) is 0 Å². The Labute approximate surface area is 118 Å². The average Bonchev–Trinajstić information content (AvgIpc) is 2.37. The monoisotopic (exact) mass is 260 g/mol. The van der Waals surface area contributed by atoms with Crippen LogP contribution in [0.3, 0.4) is 0 Å². The summed E-state index contributed by atoms with van der Waals surface area (Å²) in [7, 11) is 2.23. The van der Waals surface area contributed by atoms with Crippen molar-refractivity contribution in [2.24, 2.45) is 5.41 Å². The first-order chi connectivity index (χ1) is 9.00. The van der Waals surface area contributed by atoms with E-state index >= 15 is 0 Å². The molecule has 2 nitrogen and oxygen atoms in total. The molecule has 19 heavy (non-hydrogen) atoms. The van der Waals surface area contributed by atoms with Crippen LogP contribution in [0.1, 0.15) is 36.5 Å². The third kappa shape index (κ3) is 3.80. The summed E-state index contributed by atoms with van der Waals surface area (Å²) < 4.78 is 0. The minimum atomic E-state index is 0.475. The summed E-state index contributed by atoms with van der Waals surface area (Å²) in [5.41, 5.74) is 4.75. The number of aryl methyl sites for hydroxylation is 2. The molecule has 1 fully saturated rings. The van der Waals surface area contributed by atoms with Crippen LogP contribution in [0, 0.1) is 19.3 Å². The Morgan fingerprint density at radius 2 is 1.74 bits per heavy atom. The lowest BCUT2D eigenvalue weighted by Crippen LogP contribution is -2.42. The summed E-state index contributed by atoms with van der Waals surface area (Å²) in [6.07, 6.45) is 2.62. The second-order valence-corrected chi connectivity index (χ2v) is 6.59. The zero-order valence-electron chi connectivity index (χ0n) is 12.9. The quantitative estimate of drug-likeness (QED) is 0.895. The van der Waals surface area contributed by atoms with Crippen LogP contribution in [-0.2, 0) is 6.54 Å². The number of hydrogen-bond donors (Lipinski definition) is 1. The number of nitrogens with zero attached hydrogens (tertiary/aromatic N) is 1. The summed E-state index contributed by atoms with van der Waals surface area (Å²) >= 11 is 0. The highest BCUT2D eigenvalue weighted by Crippen LogP contribution is 2.29. The fourth-order valence-electron chi connectivity index (χ4n) is 2.95. The fraction of sp³-hybridized carbons (Fsp3) is 0.647. The maximum Gasteiger partial charge on any atom is 0.0210 e. The van der Waals surface area contributed by atoms with Gasteiger partial charge < -0.3 is 10.2 Å². The van der Waals surface area contributed by atoms with Crippen molar-refractivity contribution in [3.8, 4) is 0 Å². The van der Waals surface area contributed by atoms with Gasteiger partial charge >= 0.3 is 0 Å². The lowest BCUT2D eigenvalue weighted by atomic mass is 9.80. The molecule has 1 aliphatic heterocycles. The summed E-state index contributed by atoms with van der Waals surface area (Å²) in [5, 5.41) is 3.69. The van der Waals surface area contributed by atoms with E-state index < -0.39 is 0 Å². The van der Waals surface area contributed by atoms with E-state index in [0.29, 0.717) is 5.41 Å². The topological polar surface area (TPSA) is 15.3 Å². The summed E-state index contributed by atoms with van der Waals surface area (Å²) in [4.78, 5) is 2.44. The van der Waals surface area contributed by atoms with Gasteiger partial charge in [-0.3, -0.25) is 0 Å². The highest BCUT2D eigenvalue weighted by atomic mass is 15.1. The van der Waals surface area contributed by atoms with Gasteiger partial charge in [0, 0.05) is 13.1 Å². The van der Waals surface area contributed by atoms with E-state index in [1.807, 2.05) is 0 Å². The molecule has 106 valence electrons. The molecule has 1 N–H and O–H groups in total. The number of hydrogen-bond acceptors (Lipinski definition) is 2. The molecule has 0 aromatic heterocycles. The van der Waals surface area contributed by atoms with Gasteiger partial charge in [-0.1, -0.05) is 25.1 Å². The molecule has 0 radical (unpaired) electrons. The van der Waals surface area contributed by atoms with Crippen LogP contribution in [0.4, 0.5) is 0 Å². The molecule has 0 saturated carbocycles. The largest absolute Gasteiger partial charge is 0.312 e. The number of nitrogens with one attached hydrogen (secondary N) is 1. The van der Waals surface area contributed by atoms with Crippen molar-refractivity contribution in [3.63, 3.8) is 0 Å². The summed E-state index contributed by atoms with van der Waals surface area (Å²) in [5.74, 6) is 0. The maximum atomic E-state index is 3.69. The molecule has 0 spiro atoms. The first kappa shape index (κ1) is 14.5. The van der Waals surface area contributed by atoms with E-state index in [2.05, 4.69) is 56.2 Å². The van der Waals surface area contributed by atoms with Crippen LogP contribution in [-0.4, -0.2) is 31.6 Å². The van der Waals surface area contributed by atoms with Gasteiger partial charge in [-0.15, -0.1) is 0 Å². The second-order valence-electron chi connectivity index (χ2n) is 6.59. The number of rotatable bonds is 4. The van der Waals surface area contributed by atoms with E-state index in [1.54, 1.807) is 0 Å². The van der Waals surface area contributed by atoms with Gasteiger partial charge in [0.05, 0.1) is 0 Å². The second kappa shape index (κ2) is 6.06. The Bertz CT molecular complexity index is 397. The fourth-order valence-corrected chi connectivity index (χ4v) is 2.95. The predicted molar refractivity (Wildman–Crippen MR) is 82.5 cm³/mol. The number of likely N-dealkylation sites (tertiary alicyclic amines) is 1. The number of piperidine rings is 1. The van der Waals surface area contributed by atoms with Gasteiger partial charge in [0.1, 0.15) is 0 Å². The highest BCUT2D eigenvalue weighted by molar-refractivity contribution is 5.33. The van der Waals surface area contributed by atoms with Crippen molar-refractivity contribution in [2.75, 3.05) is 26.7 Å². The molecule has 2 heteroatoms. The average molecular weight is 260 g/mol. The molecule has 1 aromatic carbocycles. The van der Waals surface area contributed by atoms with Gasteiger partial charge in [-0.05, 0) is 68.9 Å². The SMILES string of the molecule is Cc1cccc(C)c1CNCC1(C)CCN(C)CC1. The van der Waals surface area contributed by atoms with Crippen LogP contribution < -0.4 is 5.32 Å². The first-order valence-electron chi connectivity index (χ1n) is 7.45. The molecule has 1 aromatic rings. The smallest absolute Gasteiger partial charge is 0.0210 e. The van der Waals surface area contributed by atoms with Gasteiger partial charge in [-0.2, -0.15) is 0 Å². The van der Waals surface area contributed by atoms with Crippen LogP contribution in [0.5, 0.6) is 0 Å². The summed E-state index contributed by atoms with van der Waals surface area (Å²) in [6, 6.07) is 6.56. The molecule has 0 unspecified atom stereocenters. The van der Waals surface area contributed by atoms with Crippen LogP contribution >= 0.6 is 0 Å². The third-order valence-electron chi connectivity index (χ3n) is 4.69. The van der Waals surface area contributed by atoms with Crippen molar-refractivity contribution < 1.29 is 0 Å². The predicted octanol–water partition coefficient (Wildman–Crippen LogP) is 3.12. The Morgan fingerprint density at radius 3 is 2.32 bits per heavy atom. The molecule has 0 aliphatic carbocycles. The molecule has 0 amide bonds. The van der Waals surface area contributed by atoms with Crippen molar-refractivity contribution in [1.29, 1.82) is 0 Å². The van der Waals surface area contributed by atoms with E-state index in [4.69, 9.17) is 0 Å². The first-order valence-corrected chi connectivity index (χ1v) is 7.45. The zero-order valence-corrected chi connectivity index (χ0v) is 12.9. The van der Waals surface area contributed by atoms with Gasteiger partial charge in [0.25, 0.3) is 0 Å². The molecular formula is C17H28N2. The molecule has 0 bridgehead atoms. The number of benzene rings is 1. The summed E-state index contributed by atoms with van der Waals surface area (Å²) in [6.45, 7) is 11.5. The van der Waals surface area contributed by atoms with Crippen molar-refractivity contribution in [2.45, 2.75) is 40.2 Å². The van der Waals surface area contributed by atoms with E-state index in [9.17, 15) is 0 Å². The lowest BCUT2D eigenvalue weighted by Gasteiger charge is -2.38. The lowest BCUT2D eigenvalue weighted by molar-refractivity contribution is 0.137. The molecule has 0 atom stereocenters. The normalized spacial score (nSPS) is 19.6. The zero-order chi connectivity index (χ0) is 13.9. The van der Waals surface area contributed by atoms with Crippen LogP contribution in [0.25, 0.3) is 0 Å². The van der Waals surface area contributed by atoms with Gasteiger partial charge in [0.15, 0.2) is 0 Å². The highest BCUT2D eigenvalue weighted by Gasteiger charge is 2.28. The maximum absolute atomic E-state index is 3.69. The third-order valence-corrected chi connectivity index (χ3v) is 4.69. The molecular weight excluding hydrogens is 232 g/mol. The Hall–Kier alpha value is -0.860.